The minimum absolute atomic E-state index is 0.291. The fourth-order valence-electron chi connectivity index (χ4n) is 1.84. The number of ether oxygens (including phenoxy) is 3. The van der Waals surface area contributed by atoms with E-state index in [0.717, 1.165) is 0 Å². The van der Waals surface area contributed by atoms with Crippen molar-refractivity contribution in [3.05, 3.63) is 53.1 Å². The van der Waals surface area contributed by atoms with E-state index in [1.54, 1.807) is 49.4 Å². The summed E-state index contributed by atoms with van der Waals surface area (Å²) in [6.45, 7) is 2.69. The molecule has 0 fully saturated rings. The zero-order chi connectivity index (χ0) is 16.7. The third kappa shape index (κ3) is 5.07. The summed E-state index contributed by atoms with van der Waals surface area (Å²) >= 11 is 5.80. The molecule has 2 N–H and O–H groups in total. The van der Waals surface area contributed by atoms with Gasteiger partial charge in [0, 0.05) is 5.02 Å². The van der Waals surface area contributed by atoms with Crippen LogP contribution in [0.15, 0.2) is 42.5 Å². The van der Waals surface area contributed by atoms with Gasteiger partial charge in [-0.05, 0) is 49.4 Å². The van der Waals surface area contributed by atoms with Crippen molar-refractivity contribution in [1.82, 2.24) is 0 Å². The first-order valence-corrected chi connectivity index (χ1v) is 7.55. The van der Waals surface area contributed by atoms with E-state index in [-0.39, 0.29) is 0 Å². The Morgan fingerprint density at radius 3 is 2.48 bits per heavy atom. The van der Waals surface area contributed by atoms with Crippen molar-refractivity contribution in [2.24, 2.45) is 0 Å². The molecule has 0 aliphatic carbocycles. The van der Waals surface area contributed by atoms with Crippen molar-refractivity contribution in [3.8, 4) is 11.5 Å². The van der Waals surface area contributed by atoms with Gasteiger partial charge in [0.05, 0.1) is 17.9 Å². The highest BCUT2D eigenvalue weighted by Crippen LogP contribution is 2.23. The van der Waals surface area contributed by atoms with E-state index in [9.17, 15) is 4.79 Å². The van der Waals surface area contributed by atoms with E-state index >= 15 is 0 Å². The lowest BCUT2D eigenvalue weighted by Gasteiger charge is -2.11. The molecule has 5 nitrogen and oxygen atoms in total. The predicted octanol–water partition coefficient (Wildman–Crippen LogP) is 3.56. The van der Waals surface area contributed by atoms with Gasteiger partial charge in [0.1, 0.15) is 24.7 Å². The quantitative estimate of drug-likeness (QED) is 0.476. The molecule has 0 heterocycles. The van der Waals surface area contributed by atoms with Crippen LogP contribution in [0.3, 0.4) is 0 Å². The summed E-state index contributed by atoms with van der Waals surface area (Å²) in [6.07, 6.45) is 0. The average molecular weight is 336 g/mol. The molecule has 0 unspecified atom stereocenters. The molecule has 0 atom stereocenters. The summed E-state index contributed by atoms with van der Waals surface area (Å²) < 4.78 is 16.0. The molecule has 0 amide bonds. The van der Waals surface area contributed by atoms with Crippen LogP contribution in [-0.4, -0.2) is 25.8 Å². The van der Waals surface area contributed by atoms with Gasteiger partial charge in [0.15, 0.2) is 0 Å². The summed E-state index contributed by atoms with van der Waals surface area (Å²) in [4.78, 5) is 11.7. The van der Waals surface area contributed by atoms with Crippen LogP contribution in [0, 0.1) is 0 Å². The van der Waals surface area contributed by atoms with Crippen LogP contribution in [-0.2, 0) is 4.74 Å². The molecule has 0 saturated heterocycles. The van der Waals surface area contributed by atoms with Gasteiger partial charge in [-0.3, -0.25) is 0 Å². The zero-order valence-corrected chi connectivity index (χ0v) is 13.5. The molecular weight excluding hydrogens is 318 g/mol. The zero-order valence-electron chi connectivity index (χ0n) is 12.8. The molecule has 2 aromatic carbocycles. The van der Waals surface area contributed by atoms with Crippen LogP contribution in [0.5, 0.6) is 11.5 Å². The Balaban J connectivity index is 1.88. The lowest BCUT2D eigenvalue weighted by atomic mass is 10.2. The number of benzene rings is 2. The summed E-state index contributed by atoms with van der Waals surface area (Å²) in [5.41, 5.74) is 6.69. The summed E-state index contributed by atoms with van der Waals surface area (Å²) in [5, 5.41) is 0.650. The van der Waals surface area contributed by atoms with Gasteiger partial charge >= 0.3 is 5.97 Å². The van der Waals surface area contributed by atoms with Crippen LogP contribution < -0.4 is 15.2 Å². The minimum atomic E-state index is -0.408. The molecule has 0 aliphatic rings. The van der Waals surface area contributed by atoms with Crippen molar-refractivity contribution < 1.29 is 19.0 Å². The smallest absolute Gasteiger partial charge is 0.338 e. The van der Waals surface area contributed by atoms with Gasteiger partial charge in [0.2, 0.25) is 0 Å². The van der Waals surface area contributed by atoms with Crippen molar-refractivity contribution in [1.29, 1.82) is 0 Å². The van der Waals surface area contributed by atoms with Gasteiger partial charge in [-0.1, -0.05) is 11.6 Å². The monoisotopic (exact) mass is 335 g/mol. The Bertz CT molecular complexity index is 658. The molecule has 0 saturated carbocycles. The molecule has 0 spiro atoms. The number of halogens is 1. The van der Waals surface area contributed by atoms with Crippen molar-refractivity contribution in [2.45, 2.75) is 6.92 Å². The Hall–Kier alpha value is -2.40. The lowest BCUT2D eigenvalue weighted by molar-refractivity contribution is 0.0526. The topological polar surface area (TPSA) is 70.8 Å². The number of nitrogens with two attached hydrogens (primary N) is 1. The van der Waals surface area contributed by atoms with Crippen LogP contribution >= 0.6 is 11.6 Å². The van der Waals surface area contributed by atoms with Gasteiger partial charge in [-0.25, -0.2) is 4.79 Å². The molecule has 0 aliphatic heterocycles. The SMILES string of the molecule is CCOC(=O)c1ccc(N)c(OCCOc2ccc(Cl)cc2)c1. The number of carbonyl (C=O) groups excluding carboxylic acids is 1. The largest absolute Gasteiger partial charge is 0.490 e. The molecule has 2 aromatic rings. The van der Waals surface area contributed by atoms with Crippen molar-refractivity contribution in [2.75, 3.05) is 25.6 Å². The average Bonchev–Trinajstić information content (AvgIpc) is 2.55. The van der Waals surface area contributed by atoms with E-state index in [2.05, 4.69) is 0 Å². The first kappa shape index (κ1) is 17.0. The number of esters is 1. The first-order chi connectivity index (χ1) is 11.1. The maximum Gasteiger partial charge on any atom is 0.338 e. The Morgan fingerprint density at radius 2 is 1.78 bits per heavy atom. The van der Waals surface area contributed by atoms with Crippen molar-refractivity contribution in [3.63, 3.8) is 0 Å². The van der Waals surface area contributed by atoms with E-state index in [0.29, 0.717) is 47.6 Å². The summed E-state index contributed by atoms with van der Waals surface area (Å²) in [6, 6.07) is 11.8. The fourth-order valence-corrected chi connectivity index (χ4v) is 1.97. The normalized spacial score (nSPS) is 10.2. The number of rotatable bonds is 7. The third-order valence-electron chi connectivity index (χ3n) is 2.95. The van der Waals surface area contributed by atoms with E-state index < -0.39 is 5.97 Å². The van der Waals surface area contributed by atoms with Gasteiger partial charge in [-0.2, -0.15) is 0 Å². The molecule has 2 rings (SSSR count). The molecule has 0 aromatic heterocycles. The maximum atomic E-state index is 11.7. The number of nitrogen functional groups attached to an aromatic ring is 1. The molecule has 0 radical (unpaired) electrons. The van der Waals surface area contributed by atoms with Gasteiger partial charge in [0.25, 0.3) is 0 Å². The van der Waals surface area contributed by atoms with E-state index in [1.807, 2.05) is 0 Å². The number of hydrogen-bond donors (Lipinski definition) is 1. The Labute approximate surface area is 139 Å². The third-order valence-corrected chi connectivity index (χ3v) is 3.20. The van der Waals surface area contributed by atoms with Gasteiger partial charge in [-0.15, -0.1) is 0 Å². The second kappa shape index (κ2) is 8.29. The number of carbonyl (C=O) groups is 1. The Kier molecular flexibility index (Phi) is 6.11. The molecule has 23 heavy (non-hydrogen) atoms. The van der Waals surface area contributed by atoms with E-state index in [4.69, 9.17) is 31.5 Å². The highest BCUT2D eigenvalue weighted by Gasteiger charge is 2.10. The maximum absolute atomic E-state index is 11.7. The standard InChI is InChI=1S/C17H18ClNO4/c1-2-21-17(20)12-3-8-15(19)16(11-12)23-10-9-22-14-6-4-13(18)5-7-14/h3-8,11H,2,9-10,19H2,1H3. The summed E-state index contributed by atoms with van der Waals surface area (Å²) in [5.74, 6) is 0.719. The van der Waals surface area contributed by atoms with E-state index in [1.165, 1.54) is 0 Å². The number of hydrogen-bond acceptors (Lipinski definition) is 5. The van der Waals surface area contributed by atoms with Crippen LogP contribution in [0.25, 0.3) is 0 Å². The summed E-state index contributed by atoms with van der Waals surface area (Å²) in [7, 11) is 0. The highest BCUT2D eigenvalue weighted by molar-refractivity contribution is 6.30. The fraction of sp³-hybridized carbons (Fsp3) is 0.235. The minimum Gasteiger partial charge on any atom is -0.490 e. The van der Waals surface area contributed by atoms with Crippen molar-refractivity contribution >= 4 is 23.3 Å². The van der Waals surface area contributed by atoms with Crippen LogP contribution in [0.2, 0.25) is 5.02 Å². The lowest BCUT2D eigenvalue weighted by Crippen LogP contribution is -2.11. The highest BCUT2D eigenvalue weighted by atomic mass is 35.5. The second-order valence-corrected chi connectivity index (χ2v) is 5.06. The molecule has 0 bridgehead atoms. The number of anilines is 1. The Morgan fingerprint density at radius 1 is 1.09 bits per heavy atom. The first-order valence-electron chi connectivity index (χ1n) is 7.18. The van der Waals surface area contributed by atoms with Crippen LogP contribution in [0.1, 0.15) is 17.3 Å². The van der Waals surface area contributed by atoms with Crippen LogP contribution in [0.4, 0.5) is 5.69 Å². The molecule has 6 heteroatoms. The molecule has 122 valence electrons. The molecular formula is C17H18ClNO4. The second-order valence-electron chi connectivity index (χ2n) is 4.62. The predicted molar refractivity (Wildman–Crippen MR) is 89.3 cm³/mol. The van der Waals surface area contributed by atoms with Gasteiger partial charge < -0.3 is 19.9 Å².